The van der Waals surface area contributed by atoms with E-state index in [2.05, 4.69) is 29.4 Å². The fraction of sp³-hybridized carbons (Fsp3) is 0.0556. The van der Waals surface area contributed by atoms with Gasteiger partial charge in [-0.2, -0.15) is 0 Å². The van der Waals surface area contributed by atoms with E-state index < -0.39 is 0 Å². The molecule has 4 rings (SSSR count). The lowest BCUT2D eigenvalue weighted by Crippen LogP contribution is -2.03. The minimum atomic E-state index is -0.0433. The van der Waals surface area contributed by atoms with Crippen LogP contribution >= 0.6 is 0 Å². The molecule has 0 fully saturated rings. The molecule has 0 unspecified atom stereocenters. The van der Waals surface area contributed by atoms with Crippen molar-refractivity contribution in [2.75, 3.05) is 5.32 Å². The smallest absolute Gasteiger partial charge is 0.256 e. The Kier molecular flexibility index (Phi) is 2.48. The molecule has 2 aromatic carbocycles. The maximum absolute atomic E-state index is 12.2. The Morgan fingerprint density at radius 3 is 2.81 bits per heavy atom. The van der Waals surface area contributed by atoms with Crippen LogP contribution < -0.4 is 5.32 Å². The number of nitrogens with one attached hydrogen (secondary N) is 2. The number of rotatable bonds is 1. The molecule has 2 heterocycles. The predicted octanol–water partition coefficient (Wildman–Crippen LogP) is 3.97. The zero-order valence-corrected chi connectivity index (χ0v) is 11.6. The molecule has 0 spiro atoms. The number of aromatic amines is 1. The van der Waals surface area contributed by atoms with Gasteiger partial charge in [-0.3, -0.25) is 4.79 Å². The van der Waals surface area contributed by atoms with Crippen LogP contribution in [0.2, 0.25) is 0 Å². The average Bonchev–Trinajstić information content (AvgIpc) is 3.03. The first-order chi connectivity index (χ1) is 10.2. The topological polar surface area (TPSA) is 44.9 Å². The molecule has 0 saturated heterocycles. The highest BCUT2D eigenvalue weighted by molar-refractivity contribution is 6.35. The van der Waals surface area contributed by atoms with Crippen molar-refractivity contribution in [1.29, 1.82) is 0 Å². The largest absolute Gasteiger partial charge is 0.360 e. The van der Waals surface area contributed by atoms with E-state index in [9.17, 15) is 4.79 Å². The molecule has 3 aromatic rings. The van der Waals surface area contributed by atoms with Crippen LogP contribution in [-0.2, 0) is 4.79 Å². The van der Waals surface area contributed by atoms with Gasteiger partial charge in [-0.05, 0) is 24.6 Å². The van der Waals surface area contributed by atoms with Gasteiger partial charge in [0.25, 0.3) is 5.91 Å². The summed E-state index contributed by atoms with van der Waals surface area (Å²) < 4.78 is 0. The minimum absolute atomic E-state index is 0.0433. The van der Waals surface area contributed by atoms with Crippen molar-refractivity contribution in [2.45, 2.75) is 6.92 Å². The first-order valence-corrected chi connectivity index (χ1v) is 6.93. The molecular weight excluding hydrogens is 260 g/mol. The SMILES string of the molecule is Cc1cccc2c(/C=C3/C(=O)Nc4ccccc43)c[nH]c12. The number of hydrogen-bond acceptors (Lipinski definition) is 1. The zero-order chi connectivity index (χ0) is 14.4. The van der Waals surface area contributed by atoms with Crippen molar-refractivity contribution >= 4 is 34.1 Å². The number of carbonyl (C=O) groups excluding carboxylic acids is 1. The number of H-pyrrole nitrogens is 1. The molecule has 1 aromatic heterocycles. The maximum Gasteiger partial charge on any atom is 0.256 e. The quantitative estimate of drug-likeness (QED) is 0.648. The lowest BCUT2D eigenvalue weighted by molar-refractivity contribution is -0.110. The summed E-state index contributed by atoms with van der Waals surface area (Å²) in [6, 6.07) is 14.0. The molecule has 1 aliphatic heterocycles. The molecule has 1 aliphatic rings. The molecule has 0 saturated carbocycles. The van der Waals surface area contributed by atoms with Gasteiger partial charge in [0.05, 0.1) is 0 Å². The van der Waals surface area contributed by atoms with Crippen molar-refractivity contribution in [3.05, 3.63) is 65.4 Å². The number of fused-ring (bicyclic) bond motifs is 2. The summed E-state index contributed by atoms with van der Waals surface area (Å²) in [5.74, 6) is -0.0433. The Balaban J connectivity index is 1.91. The van der Waals surface area contributed by atoms with Gasteiger partial charge >= 0.3 is 0 Å². The van der Waals surface area contributed by atoms with E-state index in [-0.39, 0.29) is 5.91 Å². The van der Waals surface area contributed by atoms with E-state index in [0.717, 1.165) is 27.7 Å². The zero-order valence-electron chi connectivity index (χ0n) is 11.6. The van der Waals surface area contributed by atoms with Crippen LogP contribution in [0.5, 0.6) is 0 Å². The van der Waals surface area contributed by atoms with E-state index in [1.54, 1.807) is 0 Å². The normalized spacial score (nSPS) is 15.5. The van der Waals surface area contributed by atoms with Crippen molar-refractivity contribution in [2.24, 2.45) is 0 Å². The van der Waals surface area contributed by atoms with Crippen molar-refractivity contribution in [1.82, 2.24) is 4.98 Å². The number of para-hydroxylation sites is 2. The Morgan fingerprint density at radius 2 is 1.90 bits per heavy atom. The molecule has 0 bridgehead atoms. The minimum Gasteiger partial charge on any atom is -0.360 e. The lowest BCUT2D eigenvalue weighted by Gasteiger charge is -1.98. The van der Waals surface area contributed by atoms with Gasteiger partial charge in [-0.1, -0.05) is 36.4 Å². The Bertz CT molecular complexity index is 902. The Labute approximate surface area is 122 Å². The van der Waals surface area contributed by atoms with E-state index in [1.807, 2.05) is 42.6 Å². The third-order valence-electron chi connectivity index (χ3n) is 3.97. The number of aryl methyl sites for hydroxylation is 1. The second kappa shape index (κ2) is 4.35. The van der Waals surface area contributed by atoms with Gasteiger partial charge in [0.2, 0.25) is 0 Å². The van der Waals surface area contributed by atoms with E-state index in [1.165, 1.54) is 5.56 Å². The maximum atomic E-state index is 12.2. The molecule has 0 radical (unpaired) electrons. The van der Waals surface area contributed by atoms with Gasteiger partial charge in [0.15, 0.2) is 0 Å². The van der Waals surface area contributed by atoms with Gasteiger partial charge in [-0.15, -0.1) is 0 Å². The highest BCUT2D eigenvalue weighted by Crippen LogP contribution is 2.34. The molecular formula is C18H14N2O. The monoisotopic (exact) mass is 274 g/mol. The molecule has 2 N–H and O–H groups in total. The number of anilines is 1. The molecule has 0 aliphatic carbocycles. The summed E-state index contributed by atoms with van der Waals surface area (Å²) in [6.07, 6.45) is 3.92. The molecule has 102 valence electrons. The van der Waals surface area contributed by atoms with Crippen LogP contribution in [0.25, 0.3) is 22.6 Å². The Morgan fingerprint density at radius 1 is 1.05 bits per heavy atom. The second-order valence-electron chi connectivity index (χ2n) is 5.30. The van der Waals surface area contributed by atoms with E-state index in [0.29, 0.717) is 5.57 Å². The summed E-state index contributed by atoms with van der Waals surface area (Å²) in [6.45, 7) is 2.08. The fourth-order valence-corrected chi connectivity index (χ4v) is 2.88. The summed E-state index contributed by atoms with van der Waals surface area (Å²) in [7, 11) is 0. The highest BCUT2D eigenvalue weighted by atomic mass is 16.2. The number of amides is 1. The van der Waals surface area contributed by atoms with Crippen LogP contribution in [0.3, 0.4) is 0 Å². The van der Waals surface area contributed by atoms with E-state index in [4.69, 9.17) is 0 Å². The average molecular weight is 274 g/mol. The van der Waals surface area contributed by atoms with Gasteiger partial charge in [-0.25, -0.2) is 0 Å². The second-order valence-corrected chi connectivity index (χ2v) is 5.30. The third-order valence-corrected chi connectivity index (χ3v) is 3.97. The van der Waals surface area contributed by atoms with Crippen molar-refractivity contribution < 1.29 is 4.79 Å². The van der Waals surface area contributed by atoms with Crippen LogP contribution in [0.15, 0.2) is 48.7 Å². The highest BCUT2D eigenvalue weighted by Gasteiger charge is 2.23. The lowest BCUT2D eigenvalue weighted by atomic mass is 10.0. The first kappa shape index (κ1) is 12.0. The van der Waals surface area contributed by atoms with Gasteiger partial charge < -0.3 is 10.3 Å². The number of benzene rings is 2. The van der Waals surface area contributed by atoms with E-state index >= 15 is 0 Å². The molecule has 21 heavy (non-hydrogen) atoms. The number of carbonyl (C=O) groups is 1. The number of hydrogen-bond donors (Lipinski definition) is 2. The fourth-order valence-electron chi connectivity index (χ4n) is 2.88. The van der Waals surface area contributed by atoms with Crippen LogP contribution in [-0.4, -0.2) is 10.9 Å². The number of aromatic nitrogens is 1. The molecule has 3 nitrogen and oxygen atoms in total. The predicted molar refractivity (Wildman–Crippen MR) is 86.0 cm³/mol. The first-order valence-electron chi connectivity index (χ1n) is 6.93. The van der Waals surface area contributed by atoms with Crippen LogP contribution in [0, 0.1) is 6.92 Å². The molecule has 0 atom stereocenters. The van der Waals surface area contributed by atoms with Gasteiger partial charge in [0.1, 0.15) is 0 Å². The standard InChI is InChI=1S/C18H14N2O/c1-11-5-4-7-13-12(10-19-17(11)13)9-15-14-6-2-3-8-16(14)20-18(15)21/h2-10,19H,1H3,(H,20,21)/b15-9+. The summed E-state index contributed by atoms with van der Waals surface area (Å²) >= 11 is 0. The van der Waals surface area contributed by atoms with Crippen LogP contribution in [0.1, 0.15) is 16.7 Å². The summed E-state index contributed by atoms with van der Waals surface area (Å²) in [4.78, 5) is 15.5. The third kappa shape index (κ3) is 1.78. The van der Waals surface area contributed by atoms with Crippen molar-refractivity contribution in [3.8, 4) is 0 Å². The van der Waals surface area contributed by atoms with Crippen molar-refractivity contribution in [3.63, 3.8) is 0 Å². The van der Waals surface area contributed by atoms with Gasteiger partial charge in [0, 0.05) is 39.5 Å². The molecule has 1 amide bonds. The Hall–Kier alpha value is -2.81. The molecule has 3 heteroatoms. The van der Waals surface area contributed by atoms with Crippen LogP contribution in [0.4, 0.5) is 5.69 Å². The summed E-state index contributed by atoms with van der Waals surface area (Å²) in [5, 5.41) is 4.04. The summed E-state index contributed by atoms with van der Waals surface area (Å²) in [5.41, 5.74) is 5.92.